The van der Waals surface area contributed by atoms with Gasteiger partial charge in [-0.1, -0.05) is 39.8 Å². The predicted octanol–water partition coefficient (Wildman–Crippen LogP) is 3.04. The second kappa shape index (κ2) is 17.7. The maximum Gasteiger partial charge on any atom is 0.311 e. The third kappa shape index (κ3) is 9.46. The first-order valence-corrected chi connectivity index (χ1v) is 17.7. The van der Waals surface area contributed by atoms with Crippen LogP contribution in [0.4, 0.5) is 0 Å². The molecule has 280 valence electrons. The van der Waals surface area contributed by atoms with E-state index in [1.807, 2.05) is 60.5 Å². The highest BCUT2D eigenvalue weighted by atomic mass is 16.7. The quantitative estimate of drug-likeness (QED) is 0.183. The van der Waals surface area contributed by atoms with E-state index < -0.39 is 91.1 Å². The first kappa shape index (κ1) is 41.0. The largest absolute Gasteiger partial charge is 0.462 e. The fourth-order valence-corrected chi connectivity index (χ4v) is 7.87. The van der Waals surface area contributed by atoms with Crippen molar-refractivity contribution < 1.29 is 53.7 Å². The summed E-state index contributed by atoms with van der Waals surface area (Å²) in [5, 5.41) is 47.2. The number of aliphatic hydroxyl groups excluding tert-OH is 3. The van der Waals surface area contributed by atoms with Crippen molar-refractivity contribution in [2.75, 3.05) is 21.2 Å². The molecular weight excluding hydrogens is 624 g/mol. The van der Waals surface area contributed by atoms with Crippen LogP contribution >= 0.6 is 0 Å². The van der Waals surface area contributed by atoms with Crippen LogP contribution in [-0.2, 0) is 33.2 Å². The first-order valence-electron chi connectivity index (χ1n) is 17.7. The Morgan fingerprint density at radius 2 is 1.42 bits per heavy atom. The Hall–Kier alpha value is -1.42. The molecule has 13 nitrogen and oxygen atoms in total. The fourth-order valence-electron chi connectivity index (χ4n) is 7.87. The Balaban J connectivity index is 2.09. The minimum atomic E-state index is -0.959. The Morgan fingerprint density at radius 1 is 0.771 bits per heavy atom. The van der Waals surface area contributed by atoms with Crippen molar-refractivity contribution in [3.8, 4) is 0 Å². The molecule has 13 heteroatoms. The number of carbonyl (C=O) groups is 1. The maximum absolute atomic E-state index is 13.9. The van der Waals surface area contributed by atoms with Gasteiger partial charge in [0.2, 0.25) is 0 Å². The van der Waals surface area contributed by atoms with Gasteiger partial charge in [-0.3, -0.25) is 4.79 Å². The number of ether oxygens (including phenoxy) is 6. The number of hydrogen-bond acceptors (Lipinski definition) is 13. The van der Waals surface area contributed by atoms with E-state index in [1.165, 1.54) is 7.11 Å². The van der Waals surface area contributed by atoms with Crippen molar-refractivity contribution in [1.82, 2.24) is 4.90 Å². The molecule has 0 unspecified atom stereocenters. The highest BCUT2D eigenvalue weighted by Crippen LogP contribution is 2.37. The van der Waals surface area contributed by atoms with Gasteiger partial charge in [-0.15, -0.1) is 0 Å². The van der Waals surface area contributed by atoms with Gasteiger partial charge in [0.15, 0.2) is 12.6 Å². The van der Waals surface area contributed by atoms with E-state index >= 15 is 0 Å². The molecule has 0 amide bonds. The Morgan fingerprint density at radius 3 is 2.00 bits per heavy atom. The van der Waals surface area contributed by atoms with Crippen LogP contribution in [0.2, 0.25) is 0 Å². The molecule has 48 heavy (non-hydrogen) atoms. The summed E-state index contributed by atoms with van der Waals surface area (Å²) in [5.41, 5.74) is 0.438. The summed E-state index contributed by atoms with van der Waals surface area (Å²) < 4.78 is 37.2. The zero-order valence-corrected chi connectivity index (χ0v) is 31.1. The molecule has 3 rings (SSSR count). The van der Waals surface area contributed by atoms with E-state index in [-0.39, 0.29) is 30.4 Å². The molecule has 18 atom stereocenters. The number of rotatable bonds is 6. The molecule has 0 aliphatic carbocycles. The van der Waals surface area contributed by atoms with Gasteiger partial charge in [0.05, 0.1) is 48.3 Å². The molecule has 0 bridgehead atoms. The molecule has 4 N–H and O–H groups in total. The number of esters is 1. The van der Waals surface area contributed by atoms with Crippen LogP contribution in [0.1, 0.15) is 81.6 Å². The molecule has 0 aromatic heterocycles. The van der Waals surface area contributed by atoms with Gasteiger partial charge in [-0.05, 0) is 66.5 Å². The Kier molecular flexibility index (Phi) is 15.1. The standard InChI is InChI=1S/C35H64N2O11/c1-16-13-17(2)32(48-35-31(40)25(37(10)11)14-18(3)44-35)21(6)33(47-27-15-26(43-12)30(39)24(9)45-27)22(7)34(41)46-23(8)19(4)29(38)20(5)28(16)36-42/h16-27,29-33,35,38-40,42H,13-15H2,1-12H3/t16-,17-,18+,19-,20-,21+,22+,23+,24-,25-,26+,27-,29-,30-,31-,32-,33-,35-/m0/s1. The van der Waals surface area contributed by atoms with Crippen LogP contribution in [0, 0.1) is 35.5 Å². The summed E-state index contributed by atoms with van der Waals surface area (Å²) in [6.07, 6.45) is -6.47. The molecule has 0 aromatic rings. The lowest BCUT2D eigenvalue weighted by atomic mass is 9.76. The van der Waals surface area contributed by atoms with Gasteiger partial charge in [0.25, 0.3) is 0 Å². The number of oxime groups is 1. The normalized spacial score (nSPS) is 48.2. The summed E-state index contributed by atoms with van der Waals surface area (Å²) in [6.45, 7) is 16.7. The van der Waals surface area contributed by atoms with Gasteiger partial charge in [-0.25, -0.2) is 0 Å². The predicted molar refractivity (Wildman–Crippen MR) is 178 cm³/mol. The lowest BCUT2D eigenvalue weighted by Gasteiger charge is -2.46. The smallest absolute Gasteiger partial charge is 0.311 e. The highest BCUT2D eigenvalue weighted by Gasteiger charge is 2.47. The van der Waals surface area contributed by atoms with E-state index in [0.717, 1.165) is 0 Å². The molecule has 3 heterocycles. The molecular formula is C35H64N2O11. The van der Waals surface area contributed by atoms with Crippen LogP contribution in [0.5, 0.6) is 0 Å². The van der Waals surface area contributed by atoms with Crippen molar-refractivity contribution >= 4 is 11.7 Å². The lowest BCUT2D eigenvalue weighted by molar-refractivity contribution is -0.298. The van der Waals surface area contributed by atoms with Crippen molar-refractivity contribution in [1.29, 1.82) is 0 Å². The zero-order valence-electron chi connectivity index (χ0n) is 31.1. The topological polar surface area (TPSA) is 169 Å². The van der Waals surface area contributed by atoms with Crippen LogP contribution in [0.15, 0.2) is 5.16 Å². The number of aliphatic hydroxyl groups is 3. The molecule has 3 saturated heterocycles. The fraction of sp³-hybridized carbons (Fsp3) is 0.943. The van der Waals surface area contributed by atoms with Gasteiger partial charge in [-0.2, -0.15) is 0 Å². The number of likely N-dealkylation sites (N-methyl/N-ethyl adjacent to an activating group) is 1. The highest BCUT2D eigenvalue weighted by molar-refractivity contribution is 5.88. The van der Waals surface area contributed by atoms with Gasteiger partial charge in [0.1, 0.15) is 18.3 Å². The molecule has 0 saturated carbocycles. The molecule has 0 spiro atoms. The van der Waals surface area contributed by atoms with Crippen LogP contribution in [-0.4, -0.2) is 132 Å². The van der Waals surface area contributed by atoms with Crippen molar-refractivity contribution in [2.45, 2.75) is 155 Å². The molecule has 3 aliphatic heterocycles. The van der Waals surface area contributed by atoms with Gasteiger partial charge < -0.3 is 53.8 Å². The summed E-state index contributed by atoms with van der Waals surface area (Å²) in [7, 11) is 5.35. The van der Waals surface area contributed by atoms with E-state index in [0.29, 0.717) is 18.6 Å². The first-order chi connectivity index (χ1) is 22.4. The number of cyclic esters (lactones) is 1. The second-order valence-electron chi connectivity index (χ2n) is 15.1. The number of hydrogen-bond donors (Lipinski definition) is 4. The van der Waals surface area contributed by atoms with Crippen molar-refractivity contribution in [3.05, 3.63) is 0 Å². The van der Waals surface area contributed by atoms with Gasteiger partial charge >= 0.3 is 5.97 Å². The third-order valence-corrected chi connectivity index (χ3v) is 11.2. The minimum absolute atomic E-state index is 0.178. The number of carbonyl (C=O) groups excluding carboxylic acids is 1. The molecule has 0 radical (unpaired) electrons. The van der Waals surface area contributed by atoms with E-state index in [1.54, 1.807) is 20.8 Å². The lowest BCUT2D eigenvalue weighted by Crippen LogP contribution is -2.57. The van der Waals surface area contributed by atoms with Crippen LogP contribution < -0.4 is 0 Å². The van der Waals surface area contributed by atoms with Crippen LogP contribution in [0.3, 0.4) is 0 Å². The molecule has 0 aromatic carbocycles. The summed E-state index contributed by atoms with van der Waals surface area (Å²) in [5.74, 6) is -3.24. The maximum atomic E-state index is 13.9. The van der Waals surface area contributed by atoms with E-state index in [9.17, 15) is 25.3 Å². The Bertz CT molecular complexity index is 1050. The Labute approximate surface area is 287 Å². The van der Waals surface area contributed by atoms with E-state index in [2.05, 4.69) is 5.16 Å². The zero-order chi connectivity index (χ0) is 36.2. The van der Waals surface area contributed by atoms with Gasteiger partial charge in [0, 0.05) is 37.3 Å². The summed E-state index contributed by atoms with van der Waals surface area (Å²) >= 11 is 0. The number of methoxy groups -OCH3 is 1. The summed E-state index contributed by atoms with van der Waals surface area (Å²) in [6, 6.07) is -0.198. The summed E-state index contributed by atoms with van der Waals surface area (Å²) in [4.78, 5) is 15.8. The van der Waals surface area contributed by atoms with Crippen LogP contribution in [0.25, 0.3) is 0 Å². The third-order valence-electron chi connectivity index (χ3n) is 11.2. The SMILES string of the molecule is CO[C@@H]1C[C@H](O[C@H]2[C@H](C)[C@@H](O[C@@H]3O[C@H](C)C[C@H](N(C)C)[C@@H]3O)[C@@H](C)C[C@H](C)C(=NO)[C@H](C)[C@@H](O)[C@@H](C)[C@@H](C)OC(=O)[C@@H]2C)O[C@@H](C)[C@@H]1O. The monoisotopic (exact) mass is 688 g/mol. The number of nitrogens with zero attached hydrogens (tertiary/aromatic N) is 2. The average molecular weight is 689 g/mol. The van der Waals surface area contributed by atoms with Crippen molar-refractivity contribution in [2.24, 2.45) is 40.7 Å². The average Bonchev–Trinajstić information content (AvgIpc) is 3.03. The van der Waals surface area contributed by atoms with E-state index in [4.69, 9.17) is 28.4 Å². The van der Waals surface area contributed by atoms with Crippen molar-refractivity contribution in [3.63, 3.8) is 0 Å². The molecule has 3 aliphatic rings. The minimum Gasteiger partial charge on any atom is -0.462 e. The second-order valence-corrected chi connectivity index (χ2v) is 15.1. The molecule has 3 fully saturated rings.